The van der Waals surface area contributed by atoms with Gasteiger partial charge in [-0.25, -0.2) is 9.37 Å². The van der Waals surface area contributed by atoms with E-state index in [9.17, 15) is 4.39 Å². The molecule has 2 heterocycles. The molecule has 0 spiro atoms. The van der Waals surface area contributed by atoms with Crippen LogP contribution in [-0.4, -0.2) is 28.4 Å². The molecule has 90 valence electrons. The van der Waals surface area contributed by atoms with E-state index in [4.69, 9.17) is 0 Å². The zero-order valence-electron chi connectivity index (χ0n) is 9.29. The Balaban J connectivity index is 1.91. The number of nitrogens with zero attached hydrogens (tertiary/aromatic N) is 2. The van der Waals surface area contributed by atoms with Crippen LogP contribution in [0, 0.1) is 11.7 Å². The van der Waals surface area contributed by atoms with Gasteiger partial charge in [0.15, 0.2) is 0 Å². The van der Waals surface area contributed by atoms with Gasteiger partial charge in [0.25, 0.3) is 0 Å². The van der Waals surface area contributed by atoms with E-state index in [1.807, 2.05) is 0 Å². The monoisotopic (exact) mass is 297 g/mol. The van der Waals surface area contributed by atoms with Gasteiger partial charge in [0.1, 0.15) is 5.82 Å². The van der Waals surface area contributed by atoms with Crippen molar-refractivity contribution in [3.63, 3.8) is 0 Å². The zero-order chi connectivity index (χ0) is 11.8. The number of alkyl halides is 1. The van der Waals surface area contributed by atoms with Crippen LogP contribution >= 0.6 is 15.9 Å². The smallest absolute Gasteiger partial charge is 0.203 e. The van der Waals surface area contributed by atoms with E-state index in [2.05, 4.69) is 30.8 Å². The van der Waals surface area contributed by atoms with Crippen molar-refractivity contribution in [1.29, 1.82) is 0 Å². The number of fused-ring (bicyclic) bond motifs is 1. The summed E-state index contributed by atoms with van der Waals surface area (Å²) in [7, 11) is 0. The van der Waals surface area contributed by atoms with Crippen molar-refractivity contribution >= 4 is 32.9 Å². The fourth-order valence-electron chi connectivity index (χ4n) is 2.27. The van der Waals surface area contributed by atoms with Gasteiger partial charge in [-0.3, -0.25) is 0 Å². The van der Waals surface area contributed by atoms with E-state index in [-0.39, 0.29) is 5.82 Å². The average Bonchev–Trinajstić information content (AvgIpc) is 2.93. The van der Waals surface area contributed by atoms with Crippen LogP contribution in [0.1, 0.15) is 6.42 Å². The lowest BCUT2D eigenvalue weighted by Gasteiger charge is -2.13. The quantitative estimate of drug-likeness (QED) is 0.865. The molecule has 3 rings (SSSR count). The molecule has 1 N–H and O–H groups in total. The van der Waals surface area contributed by atoms with Gasteiger partial charge >= 0.3 is 0 Å². The topological polar surface area (TPSA) is 31.9 Å². The molecular weight excluding hydrogens is 285 g/mol. The second-order valence-corrected chi connectivity index (χ2v) is 5.12. The van der Waals surface area contributed by atoms with E-state index < -0.39 is 0 Å². The number of benzene rings is 1. The number of aromatic amines is 1. The lowest BCUT2D eigenvalue weighted by molar-refractivity contribution is 0.629. The molecule has 3 nitrogen and oxygen atoms in total. The summed E-state index contributed by atoms with van der Waals surface area (Å²) in [6.07, 6.45) is 1.18. The minimum absolute atomic E-state index is 0.229. The van der Waals surface area contributed by atoms with E-state index in [1.165, 1.54) is 18.6 Å². The normalized spacial score (nSPS) is 20.4. The highest BCUT2D eigenvalue weighted by Crippen LogP contribution is 2.25. The molecule has 1 aliphatic heterocycles. The van der Waals surface area contributed by atoms with Crippen molar-refractivity contribution in [3.8, 4) is 0 Å². The number of H-pyrrole nitrogens is 1. The fraction of sp³-hybridized carbons (Fsp3) is 0.417. The first-order valence-corrected chi connectivity index (χ1v) is 6.84. The molecule has 1 aromatic heterocycles. The molecule has 0 radical (unpaired) electrons. The minimum atomic E-state index is -0.229. The third-order valence-corrected chi connectivity index (χ3v) is 4.15. The minimum Gasteiger partial charge on any atom is -0.342 e. The van der Waals surface area contributed by atoms with E-state index in [0.717, 1.165) is 35.4 Å². The van der Waals surface area contributed by atoms with E-state index in [0.29, 0.717) is 5.92 Å². The summed E-state index contributed by atoms with van der Waals surface area (Å²) in [5, 5.41) is 1.03. The zero-order valence-corrected chi connectivity index (χ0v) is 10.9. The maximum atomic E-state index is 13.1. The lowest BCUT2D eigenvalue weighted by Crippen LogP contribution is -2.21. The van der Waals surface area contributed by atoms with Crippen LogP contribution in [0.5, 0.6) is 0 Å². The summed E-state index contributed by atoms with van der Waals surface area (Å²) in [4.78, 5) is 9.90. The Morgan fingerprint density at radius 3 is 3.18 bits per heavy atom. The molecule has 1 aliphatic rings. The third kappa shape index (κ3) is 2.04. The first kappa shape index (κ1) is 11.0. The van der Waals surface area contributed by atoms with E-state index in [1.54, 1.807) is 6.07 Å². The van der Waals surface area contributed by atoms with Crippen molar-refractivity contribution in [3.05, 3.63) is 24.0 Å². The Bertz CT molecular complexity index is 540. The molecule has 1 atom stereocenters. The molecule has 1 aromatic carbocycles. The van der Waals surface area contributed by atoms with Crippen LogP contribution < -0.4 is 4.90 Å². The summed E-state index contributed by atoms with van der Waals surface area (Å²) in [6, 6.07) is 4.64. The Labute approximate surface area is 107 Å². The molecule has 0 amide bonds. The number of halogens is 2. The average molecular weight is 298 g/mol. The molecule has 0 saturated carbocycles. The Morgan fingerprint density at radius 2 is 2.41 bits per heavy atom. The SMILES string of the molecule is Fc1ccc2nc(N3CCC(CBr)C3)[nH]c2c1. The molecule has 0 aliphatic carbocycles. The highest BCUT2D eigenvalue weighted by atomic mass is 79.9. The Morgan fingerprint density at radius 1 is 1.53 bits per heavy atom. The summed E-state index contributed by atoms with van der Waals surface area (Å²) < 4.78 is 13.1. The number of aromatic nitrogens is 2. The predicted molar refractivity (Wildman–Crippen MR) is 70.2 cm³/mol. The molecule has 0 bridgehead atoms. The summed E-state index contributed by atoms with van der Waals surface area (Å²) in [5.74, 6) is 1.31. The van der Waals surface area contributed by atoms with Crippen molar-refractivity contribution in [2.45, 2.75) is 6.42 Å². The second kappa shape index (κ2) is 4.29. The van der Waals surface area contributed by atoms with Gasteiger partial charge in [0.2, 0.25) is 5.95 Å². The maximum Gasteiger partial charge on any atom is 0.203 e. The first-order chi connectivity index (χ1) is 8.26. The van der Waals surface area contributed by atoms with Crippen LogP contribution in [0.3, 0.4) is 0 Å². The molecule has 17 heavy (non-hydrogen) atoms. The number of hydrogen-bond acceptors (Lipinski definition) is 2. The first-order valence-electron chi connectivity index (χ1n) is 5.72. The van der Waals surface area contributed by atoms with Gasteiger partial charge in [-0.15, -0.1) is 0 Å². The van der Waals surface area contributed by atoms with Crippen LogP contribution in [0.25, 0.3) is 11.0 Å². The number of rotatable bonds is 2. The van der Waals surface area contributed by atoms with Crippen LogP contribution in [-0.2, 0) is 0 Å². The predicted octanol–water partition coefficient (Wildman–Crippen LogP) is 2.92. The van der Waals surface area contributed by atoms with Gasteiger partial charge < -0.3 is 9.88 Å². The lowest BCUT2D eigenvalue weighted by atomic mass is 10.2. The fourth-order valence-corrected chi connectivity index (χ4v) is 2.80. The number of nitrogens with one attached hydrogen (secondary N) is 1. The second-order valence-electron chi connectivity index (χ2n) is 4.48. The molecule has 1 unspecified atom stereocenters. The van der Waals surface area contributed by atoms with Crippen LogP contribution in [0.15, 0.2) is 18.2 Å². The highest BCUT2D eigenvalue weighted by molar-refractivity contribution is 9.09. The number of hydrogen-bond donors (Lipinski definition) is 1. The molecule has 2 aromatic rings. The maximum absolute atomic E-state index is 13.1. The summed E-state index contributed by atoms with van der Waals surface area (Å²) in [6.45, 7) is 2.02. The third-order valence-electron chi connectivity index (χ3n) is 3.24. The molecule has 5 heteroatoms. The Hall–Kier alpha value is -1.10. The summed E-state index contributed by atoms with van der Waals surface area (Å²) >= 11 is 3.51. The van der Waals surface area contributed by atoms with Crippen molar-refractivity contribution in [2.24, 2.45) is 5.92 Å². The van der Waals surface area contributed by atoms with Crippen molar-refractivity contribution < 1.29 is 4.39 Å². The number of imidazole rings is 1. The van der Waals surface area contributed by atoms with Gasteiger partial charge in [-0.2, -0.15) is 0 Å². The number of anilines is 1. The molecular formula is C12H13BrFN3. The Kier molecular flexibility index (Phi) is 2.78. The van der Waals surface area contributed by atoms with E-state index >= 15 is 0 Å². The van der Waals surface area contributed by atoms with Gasteiger partial charge in [-0.1, -0.05) is 15.9 Å². The standard InChI is InChI=1S/C12H13BrFN3/c13-6-8-3-4-17(7-8)12-15-10-2-1-9(14)5-11(10)16-12/h1-2,5,8H,3-4,6-7H2,(H,15,16). The van der Waals surface area contributed by atoms with Crippen LogP contribution in [0.2, 0.25) is 0 Å². The molecule has 1 fully saturated rings. The van der Waals surface area contributed by atoms with Crippen molar-refractivity contribution in [2.75, 3.05) is 23.3 Å². The van der Waals surface area contributed by atoms with Gasteiger partial charge in [-0.05, 0) is 30.5 Å². The van der Waals surface area contributed by atoms with Gasteiger partial charge in [0.05, 0.1) is 11.0 Å². The largest absolute Gasteiger partial charge is 0.342 e. The van der Waals surface area contributed by atoms with Crippen molar-refractivity contribution in [1.82, 2.24) is 9.97 Å². The van der Waals surface area contributed by atoms with Crippen LogP contribution in [0.4, 0.5) is 10.3 Å². The van der Waals surface area contributed by atoms with Gasteiger partial charge in [0, 0.05) is 18.4 Å². The highest BCUT2D eigenvalue weighted by Gasteiger charge is 2.23. The summed E-state index contributed by atoms with van der Waals surface area (Å²) in [5.41, 5.74) is 1.59. The molecule has 1 saturated heterocycles.